The molecule has 108 valence electrons. The van der Waals surface area contributed by atoms with Crippen LogP contribution >= 0.6 is 11.3 Å². The topological polar surface area (TPSA) is 21.3 Å². The van der Waals surface area contributed by atoms with Gasteiger partial charge in [0.25, 0.3) is 0 Å². The van der Waals surface area contributed by atoms with Crippen LogP contribution in [0.4, 0.5) is 0 Å². The highest BCUT2D eigenvalue weighted by Gasteiger charge is 2.24. The SMILES string of the molecule is CCNC(Cc1csc2ccccc12)C1CCCOC1. The van der Waals surface area contributed by atoms with Gasteiger partial charge in [-0.15, -0.1) is 11.3 Å². The van der Waals surface area contributed by atoms with Crippen molar-refractivity contribution >= 4 is 21.4 Å². The van der Waals surface area contributed by atoms with Crippen molar-refractivity contribution in [3.63, 3.8) is 0 Å². The van der Waals surface area contributed by atoms with E-state index in [4.69, 9.17) is 4.74 Å². The first kappa shape index (κ1) is 14.1. The minimum Gasteiger partial charge on any atom is -0.381 e. The molecular formula is C17H23NOS. The molecule has 1 aromatic heterocycles. The van der Waals surface area contributed by atoms with E-state index in [1.807, 2.05) is 11.3 Å². The maximum atomic E-state index is 5.68. The molecule has 2 aromatic rings. The van der Waals surface area contributed by atoms with Crippen molar-refractivity contribution in [3.8, 4) is 0 Å². The Morgan fingerprint density at radius 1 is 1.40 bits per heavy atom. The van der Waals surface area contributed by atoms with Gasteiger partial charge in [-0.1, -0.05) is 25.1 Å². The average molecular weight is 289 g/mol. The molecule has 1 saturated heterocycles. The maximum absolute atomic E-state index is 5.68. The van der Waals surface area contributed by atoms with E-state index in [-0.39, 0.29) is 0 Å². The highest BCUT2D eigenvalue weighted by atomic mass is 32.1. The highest BCUT2D eigenvalue weighted by Crippen LogP contribution is 2.29. The van der Waals surface area contributed by atoms with Gasteiger partial charge in [0.2, 0.25) is 0 Å². The molecule has 0 aliphatic carbocycles. The maximum Gasteiger partial charge on any atom is 0.0509 e. The van der Waals surface area contributed by atoms with Crippen molar-refractivity contribution < 1.29 is 4.74 Å². The third kappa shape index (κ3) is 3.05. The first-order chi connectivity index (χ1) is 9.88. The summed E-state index contributed by atoms with van der Waals surface area (Å²) < 4.78 is 7.08. The summed E-state index contributed by atoms with van der Waals surface area (Å²) in [6.07, 6.45) is 3.61. The number of hydrogen-bond acceptors (Lipinski definition) is 3. The number of hydrogen-bond donors (Lipinski definition) is 1. The van der Waals surface area contributed by atoms with Gasteiger partial charge in [0.15, 0.2) is 0 Å². The molecule has 0 radical (unpaired) electrons. The first-order valence-corrected chi connectivity index (χ1v) is 8.52. The van der Waals surface area contributed by atoms with E-state index in [1.165, 1.54) is 28.5 Å². The van der Waals surface area contributed by atoms with Gasteiger partial charge in [-0.3, -0.25) is 0 Å². The molecule has 1 fully saturated rings. The minimum absolute atomic E-state index is 0.540. The molecule has 2 heterocycles. The number of likely N-dealkylation sites (N-methyl/N-ethyl adjacent to an activating group) is 1. The minimum atomic E-state index is 0.540. The molecular weight excluding hydrogens is 266 g/mol. The van der Waals surface area contributed by atoms with Crippen LogP contribution in [0.2, 0.25) is 0 Å². The summed E-state index contributed by atoms with van der Waals surface area (Å²) >= 11 is 1.86. The lowest BCUT2D eigenvalue weighted by Crippen LogP contribution is -2.41. The second-order valence-electron chi connectivity index (χ2n) is 5.60. The second kappa shape index (κ2) is 6.70. The third-order valence-corrected chi connectivity index (χ3v) is 5.24. The number of benzene rings is 1. The molecule has 3 heteroatoms. The van der Waals surface area contributed by atoms with Crippen LogP contribution in [0.5, 0.6) is 0 Å². The standard InChI is InChI=1S/C17H23NOS/c1-2-18-16(13-6-5-9-19-11-13)10-14-12-20-17-8-4-3-7-15(14)17/h3-4,7-8,12-13,16,18H,2,5-6,9-11H2,1H3. The van der Waals surface area contributed by atoms with E-state index in [1.54, 1.807) is 0 Å². The number of nitrogens with one attached hydrogen (secondary N) is 1. The van der Waals surface area contributed by atoms with Crippen molar-refractivity contribution in [3.05, 3.63) is 35.2 Å². The van der Waals surface area contributed by atoms with Gasteiger partial charge in [0, 0.05) is 17.3 Å². The van der Waals surface area contributed by atoms with E-state index in [0.717, 1.165) is 26.2 Å². The van der Waals surface area contributed by atoms with E-state index in [0.29, 0.717) is 12.0 Å². The molecule has 1 N–H and O–H groups in total. The molecule has 2 unspecified atom stereocenters. The average Bonchev–Trinajstić information content (AvgIpc) is 2.91. The van der Waals surface area contributed by atoms with E-state index >= 15 is 0 Å². The van der Waals surface area contributed by atoms with Gasteiger partial charge in [-0.25, -0.2) is 0 Å². The van der Waals surface area contributed by atoms with Crippen molar-refractivity contribution in [1.29, 1.82) is 0 Å². The molecule has 1 aromatic carbocycles. The molecule has 1 aliphatic heterocycles. The largest absolute Gasteiger partial charge is 0.381 e. The van der Waals surface area contributed by atoms with Gasteiger partial charge in [-0.2, -0.15) is 0 Å². The summed E-state index contributed by atoms with van der Waals surface area (Å²) in [5.74, 6) is 0.655. The van der Waals surface area contributed by atoms with Crippen LogP contribution in [0.25, 0.3) is 10.1 Å². The fourth-order valence-corrected chi connectivity index (χ4v) is 4.15. The third-order valence-electron chi connectivity index (χ3n) is 4.23. The summed E-state index contributed by atoms with van der Waals surface area (Å²) in [6, 6.07) is 9.28. The fraction of sp³-hybridized carbons (Fsp3) is 0.529. The Hall–Kier alpha value is -0.900. The zero-order chi connectivity index (χ0) is 13.8. The number of thiophene rings is 1. The van der Waals surface area contributed by atoms with Gasteiger partial charge in [-0.05, 0) is 54.1 Å². The number of ether oxygens (including phenoxy) is 1. The Bertz CT molecular complexity index is 545. The lowest BCUT2D eigenvalue weighted by molar-refractivity contribution is 0.0396. The highest BCUT2D eigenvalue weighted by molar-refractivity contribution is 7.17. The normalized spacial score (nSPS) is 21.1. The lowest BCUT2D eigenvalue weighted by atomic mass is 9.89. The molecule has 0 bridgehead atoms. The van der Waals surface area contributed by atoms with Gasteiger partial charge in [0.05, 0.1) is 6.61 Å². The van der Waals surface area contributed by atoms with Crippen molar-refractivity contribution in [2.45, 2.75) is 32.2 Å². The van der Waals surface area contributed by atoms with Gasteiger partial charge < -0.3 is 10.1 Å². The van der Waals surface area contributed by atoms with E-state index in [2.05, 4.69) is 41.9 Å². The molecule has 3 rings (SSSR count). The van der Waals surface area contributed by atoms with Crippen LogP contribution in [0.3, 0.4) is 0 Å². The summed E-state index contributed by atoms with van der Waals surface area (Å²) in [6.45, 7) is 5.09. The molecule has 1 aliphatic rings. The van der Waals surface area contributed by atoms with Gasteiger partial charge >= 0.3 is 0 Å². The van der Waals surface area contributed by atoms with Crippen LogP contribution in [0, 0.1) is 5.92 Å². The molecule has 0 saturated carbocycles. The van der Waals surface area contributed by atoms with Crippen LogP contribution in [-0.4, -0.2) is 25.8 Å². The summed E-state index contributed by atoms with van der Waals surface area (Å²) in [5.41, 5.74) is 1.49. The lowest BCUT2D eigenvalue weighted by Gasteiger charge is -2.30. The van der Waals surface area contributed by atoms with Crippen LogP contribution in [0.1, 0.15) is 25.3 Å². The Balaban J connectivity index is 1.78. The summed E-state index contributed by atoms with van der Waals surface area (Å²) in [5, 5.41) is 7.44. The quantitative estimate of drug-likeness (QED) is 0.903. The Morgan fingerprint density at radius 2 is 2.30 bits per heavy atom. The zero-order valence-electron chi connectivity index (χ0n) is 12.1. The smallest absolute Gasteiger partial charge is 0.0509 e. The molecule has 0 spiro atoms. The fourth-order valence-electron chi connectivity index (χ4n) is 3.18. The zero-order valence-corrected chi connectivity index (χ0v) is 12.9. The molecule has 2 nitrogen and oxygen atoms in total. The van der Waals surface area contributed by atoms with Crippen LogP contribution < -0.4 is 5.32 Å². The first-order valence-electron chi connectivity index (χ1n) is 7.64. The summed E-state index contributed by atoms with van der Waals surface area (Å²) in [4.78, 5) is 0. The predicted molar refractivity (Wildman–Crippen MR) is 86.5 cm³/mol. The van der Waals surface area contributed by atoms with Crippen LogP contribution in [0.15, 0.2) is 29.6 Å². The number of fused-ring (bicyclic) bond motifs is 1. The Labute approximate surface area is 125 Å². The van der Waals surface area contributed by atoms with Crippen molar-refractivity contribution in [2.24, 2.45) is 5.92 Å². The van der Waals surface area contributed by atoms with E-state index in [9.17, 15) is 0 Å². The Kier molecular flexibility index (Phi) is 4.71. The van der Waals surface area contributed by atoms with Crippen molar-refractivity contribution in [2.75, 3.05) is 19.8 Å². The molecule has 0 amide bonds. The monoisotopic (exact) mass is 289 g/mol. The Morgan fingerprint density at radius 3 is 3.10 bits per heavy atom. The summed E-state index contributed by atoms with van der Waals surface area (Å²) in [7, 11) is 0. The van der Waals surface area contributed by atoms with Gasteiger partial charge in [0.1, 0.15) is 0 Å². The predicted octanol–water partition coefficient (Wildman–Crippen LogP) is 3.85. The van der Waals surface area contributed by atoms with E-state index < -0.39 is 0 Å². The van der Waals surface area contributed by atoms with Crippen LogP contribution in [-0.2, 0) is 11.2 Å². The molecule has 20 heavy (non-hydrogen) atoms. The molecule has 2 atom stereocenters. The second-order valence-corrected chi connectivity index (χ2v) is 6.51. The number of rotatable bonds is 5. The van der Waals surface area contributed by atoms with Crippen molar-refractivity contribution in [1.82, 2.24) is 5.32 Å².